The normalized spacial score (nSPS) is 20.2. The van der Waals surface area contributed by atoms with Crippen molar-refractivity contribution in [3.8, 4) is 0 Å². The lowest BCUT2D eigenvalue weighted by atomic mass is 9.97. The number of hydrogen-bond acceptors (Lipinski definition) is 4. The summed E-state index contributed by atoms with van der Waals surface area (Å²) in [6, 6.07) is 5.39. The van der Waals surface area contributed by atoms with E-state index >= 15 is 0 Å². The number of anilines is 1. The highest BCUT2D eigenvalue weighted by atomic mass is 35.5. The first-order valence-corrected chi connectivity index (χ1v) is 10.3. The molecule has 1 amide bonds. The van der Waals surface area contributed by atoms with Crippen LogP contribution in [0, 0.1) is 5.92 Å². The van der Waals surface area contributed by atoms with Crippen LogP contribution in [0.2, 0.25) is 0 Å². The number of sulfonamides is 1. The topological polar surface area (TPSA) is 69.7 Å². The molecule has 3 rings (SSSR count). The van der Waals surface area contributed by atoms with E-state index in [0.717, 1.165) is 38.0 Å². The molecular weight excluding hydrogens is 362 g/mol. The molecule has 2 heterocycles. The maximum absolute atomic E-state index is 12.8. The summed E-state index contributed by atoms with van der Waals surface area (Å²) >= 11 is 0. The summed E-state index contributed by atoms with van der Waals surface area (Å²) < 4.78 is 25.0. The second kappa shape index (κ2) is 7.93. The SMILES string of the molecule is CNCC1CCCN(C(=O)c2ccc3c(c2)CCN3S(C)(=O)=O)C1.Cl. The molecule has 0 spiro atoms. The Labute approximate surface area is 156 Å². The lowest BCUT2D eigenvalue weighted by Gasteiger charge is -2.33. The Bertz CT molecular complexity index is 737. The van der Waals surface area contributed by atoms with Gasteiger partial charge >= 0.3 is 0 Å². The summed E-state index contributed by atoms with van der Waals surface area (Å²) in [5.74, 6) is 0.555. The first-order valence-electron chi connectivity index (χ1n) is 8.44. The zero-order valence-corrected chi connectivity index (χ0v) is 16.3. The van der Waals surface area contributed by atoms with Gasteiger partial charge in [-0.15, -0.1) is 12.4 Å². The van der Waals surface area contributed by atoms with E-state index in [4.69, 9.17) is 0 Å². The van der Waals surface area contributed by atoms with Crippen LogP contribution in [0.15, 0.2) is 18.2 Å². The van der Waals surface area contributed by atoms with Crippen molar-refractivity contribution in [2.75, 3.05) is 43.8 Å². The molecule has 1 N–H and O–H groups in total. The van der Waals surface area contributed by atoms with Crippen molar-refractivity contribution in [1.82, 2.24) is 10.2 Å². The Morgan fingerprint density at radius 2 is 2.08 bits per heavy atom. The molecule has 8 heteroatoms. The number of carbonyl (C=O) groups excluding carboxylic acids is 1. The fourth-order valence-corrected chi connectivity index (χ4v) is 4.69. The zero-order chi connectivity index (χ0) is 17.3. The van der Waals surface area contributed by atoms with Gasteiger partial charge < -0.3 is 10.2 Å². The summed E-state index contributed by atoms with van der Waals surface area (Å²) in [5.41, 5.74) is 2.31. The fourth-order valence-electron chi connectivity index (χ4n) is 3.74. The van der Waals surface area contributed by atoms with Gasteiger partial charge in [0.1, 0.15) is 0 Å². The number of fused-ring (bicyclic) bond motifs is 1. The van der Waals surface area contributed by atoms with Crippen LogP contribution in [0.25, 0.3) is 0 Å². The quantitative estimate of drug-likeness (QED) is 0.850. The summed E-state index contributed by atoms with van der Waals surface area (Å²) in [5, 5.41) is 3.19. The van der Waals surface area contributed by atoms with E-state index in [9.17, 15) is 13.2 Å². The zero-order valence-electron chi connectivity index (χ0n) is 14.7. The maximum Gasteiger partial charge on any atom is 0.253 e. The molecule has 0 saturated carbocycles. The number of hydrogen-bond donors (Lipinski definition) is 1. The second-order valence-electron chi connectivity index (χ2n) is 6.75. The molecule has 25 heavy (non-hydrogen) atoms. The number of rotatable bonds is 4. The van der Waals surface area contributed by atoms with E-state index in [1.165, 1.54) is 10.6 Å². The maximum atomic E-state index is 12.8. The van der Waals surface area contributed by atoms with Crippen molar-refractivity contribution in [1.29, 1.82) is 0 Å². The molecule has 1 aromatic carbocycles. The lowest BCUT2D eigenvalue weighted by Crippen LogP contribution is -2.42. The number of nitrogens with one attached hydrogen (secondary N) is 1. The Balaban J connectivity index is 0.00000225. The van der Waals surface area contributed by atoms with Gasteiger partial charge in [0.05, 0.1) is 11.9 Å². The summed E-state index contributed by atoms with van der Waals surface area (Å²) in [4.78, 5) is 14.7. The van der Waals surface area contributed by atoms with Crippen molar-refractivity contribution in [3.63, 3.8) is 0 Å². The molecule has 1 unspecified atom stereocenters. The largest absolute Gasteiger partial charge is 0.338 e. The first kappa shape index (κ1) is 20.0. The molecular formula is C17H26ClN3O3S. The average molecular weight is 388 g/mol. The van der Waals surface area contributed by atoms with Crippen molar-refractivity contribution < 1.29 is 13.2 Å². The first-order chi connectivity index (χ1) is 11.4. The van der Waals surface area contributed by atoms with Gasteiger partial charge in [0.15, 0.2) is 0 Å². The number of nitrogens with zero attached hydrogens (tertiary/aromatic N) is 2. The van der Waals surface area contributed by atoms with Crippen molar-refractivity contribution in [2.45, 2.75) is 19.3 Å². The van der Waals surface area contributed by atoms with Crippen LogP contribution in [0.1, 0.15) is 28.8 Å². The van der Waals surface area contributed by atoms with E-state index in [0.29, 0.717) is 30.1 Å². The van der Waals surface area contributed by atoms with Crippen LogP contribution < -0.4 is 9.62 Å². The van der Waals surface area contributed by atoms with Crippen LogP contribution in [-0.4, -0.2) is 58.7 Å². The van der Waals surface area contributed by atoms with Crippen LogP contribution in [0.3, 0.4) is 0 Å². The van der Waals surface area contributed by atoms with Gasteiger partial charge in [0.25, 0.3) is 5.91 Å². The predicted molar refractivity (Wildman–Crippen MR) is 102 cm³/mol. The van der Waals surface area contributed by atoms with Crippen molar-refractivity contribution in [3.05, 3.63) is 29.3 Å². The molecule has 1 aromatic rings. The molecule has 2 aliphatic heterocycles. The van der Waals surface area contributed by atoms with E-state index < -0.39 is 10.0 Å². The lowest BCUT2D eigenvalue weighted by molar-refractivity contribution is 0.0674. The monoisotopic (exact) mass is 387 g/mol. The van der Waals surface area contributed by atoms with Crippen molar-refractivity contribution >= 4 is 34.0 Å². The van der Waals surface area contributed by atoms with E-state index in [2.05, 4.69) is 5.32 Å². The van der Waals surface area contributed by atoms with Gasteiger partial charge in [-0.1, -0.05) is 0 Å². The molecule has 1 fully saturated rings. The smallest absolute Gasteiger partial charge is 0.253 e. The van der Waals surface area contributed by atoms with Crippen LogP contribution in [-0.2, 0) is 16.4 Å². The molecule has 0 bridgehead atoms. The Morgan fingerprint density at radius 1 is 1.32 bits per heavy atom. The van der Waals surface area contributed by atoms with Gasteiger partial charge in [-0.05, 0) is 62.5 Å². The van der Waals surface area contributed by atoms with Gasteiger partial charge in [-0.25, -0.2) is 8.42 Å². The molecule has 6 nitrogen and oxygen atoms in total. The minimum absolute atomic E-state index is 0. The van der Waals surface area contributed by atoms with Gasteiger partial charge in [-0.2, -0.15) is 0 Å². The second-order valence-corrected chi connectivity index (χ2v) is 8.65. The molecule has 1 atom stereocenters. The summed E-state index contributed by atoms with van der Waals surface area (Å²) in [6.07, 6.45) is 4.06. The standard InChI is InChI=1S/C17H25N3O3S.ClH/c1-18-11-13-4-3-8-19(12-13)17(21)15-5-6-16-14(10-15)7-9-20(16)24(2,22)23;/h5-6,10,13,18H,3-4,7-9,11-12H2,1-2H3;1H. The highest BCUT2D eigenvalue weighted by Crippen LogP contribution is 2.31. The third-order valence-electron chi connectivity index (χ3n) is 4.88. The van der Waals surface area contributed by atoms with E-state index in [1.54, 1.807) is 12.1 Å². The van der Waals surface area contributed by atoms with E-state index in [1.807, 2.05) is 18.0 Å². The Kier molecular flexibility index (Phi) is 6.35. The number of likely N-dealkylation sites (tertiary alicyclic amines) is 1. The van der Waals surface area contributed by atoms with Gasteiger partial charge in [0.2, 0.25) is 10.0 Å². The Morgan fingerprint density at radius 3 is 2.76 bits per heavy atom. The highest BCUT2D eigenvalue weighted by Gasteiger charge is 2.28. The fraction of sp³-hybridized carbons (Fsp3) is 0.588. The molecule has 2 aliphatic rings. The molecule has 1 saturated heterocycles. The van der Waals surface area contributed by atoms with Crippen LogP contribution in [0.5, 0.6) is 0 Å². The van der Waals surface area contributed by atoms with Crippen molar-refractivity contribution in [2.24, 2.45) is 5.92 Å². The minimum Gasteiger partial charge on any atom is -0.338 e. The third-order valence-corrected chi connectivity index (χ3v) is 6.06. The summed E-state index contributed by atoms with van der Waals surface area (Å²) in [6.45, 7) is 2.97. The van der Waals surface area contributed by atoms with E-state index in [-0.39, 0.29) is 18.3 Å². The number of carbonyl (C=O) groups is 1. The summed E-state index contributed by atoms with van der Waals surface area (Å²) in [7, 11) is -1.31. The molecule has 0 radical (unpaired) electrons. The minimum atomic E-state index is -3.25. The molecule has 0 aliphatic carbocycles. The van der Waals surface area contributed by atoms with Crippen LogP contribution in [0.4, 0.5) is 5.69 Å². The average Bonchev–Trinajstić information content (AvgIpc) is 2.98. The number of amides is 1. The Hall–Kier alpha value is -1.31. The predicted octanol–water partition coefficient (Wildman–Crippen LogP) is 1.50. The highest BCUT2D eigenvalue weighted by molar-refractivity contribution is 7.92. The van der Waals surface area contributed by atoms with Gasteiger partial charge in [-0.3, -0.25) is 9.10 Å². The molecule has 140 valence electrons. The van der Waals surface area contributed by atoms with Gasteiger partial charge in [0, 0.05) is 25.2 Å². The number of halogens is 1. The number of piperidine rings is 1. The third kappa shape index (κ3) is 4.27. The number of benzene rings is 1. The molecule has 0 aromatic heterocycles. The van der Waals surface area contributed by atoms with Crippen LogP contribution >= 0.6 is 12.4 Å².